The summed E-state index contributed by atoms with van der Waals surface area (Å²) >= 11 is 0. The van der Waals surface area contributed by atoms with Crippen LogP contribution in [0.25, 0.3) is 0 Å². The van der Waals surface area contributed by atoms with Crippen LogP contribution in [0.1, 0.15) is 19.3 Å². The third kappa shape index (κ3) is 0.784. The molecular weight excluding hydrogens is 112 g/mol. The van der Waals surface area contributed by atoms with E-state index < -0.39 is 0 Å². The minimum Gasteiger partial charge on any atom is -0.270 e. The average Bonchev–Trinajstić information content (AvgIpc) is 2.33. The Morgan fingerprint density at radius 3 is 3.22 bits per heavy atom. The predicted octanol–water partition coefficient (Wildman–Crippen LogP) is 1.27. The fraction of sp³-hybridized carbons (Fsp3) is 0.714. The van der Waals surface area contributed by atoms with Crippen molar-refractivity contribution in [3.05, 3.63) is 0 Å². The Morgan fingerprint density at radius 1 is 1.33 bits per heavy atom. The molecule has 48 valence electrons. The number of hydrogen-bond donors (Lipinski definition) is 0. The molecule has 0 N–H and O–H groups in total. The van der Waals surface area contributed by atoms with Gasteiger partial charge in [0.2, 0.25) is 0 Å². The molecule has 1 heterocycles. The van der Waals surface area contributed by atoms with Crippen LogP contribution in [0.5, 0.6) is 0 Å². The SMILES string of the molecule is C1=NC=NC2CCCC12. The van der Waals surface area contributed by atoms with E-state index >= 15 is 0 Å². The lowest BCUT2D eigenvalue weighted by Gasteiger charge is -2.11. The molecule has 1 aliphatic heterocycles. The van der Waals surface area contributed by atoms with Gasteiger partial charge in [0.05, 0.1) is 6.04 Å². The number of aliphatic imine (C=N–C) groups is 2. The summed E-state index contributed by atoms with van der Waals surface area (Å²) in [6.07, 6.45) is 7.63. The highest BCUT2D eigenvalue weighted by Gasteiger charge is 2.25. The lowest BCUT2D eigenvalue weighted by molar-refractivity contribution is 0.620. The van der Waals surface area contributed by atoms with Gasteiger partial charge in [-0.05, 0) is 12.8 Å². The molecule has 0 amide bonds. The molecule has 2 heteroatoms. The van der Waals surface area contributed by atoms with Gasteiger partial charge in [0.15, 0.2) is 0 Å². The molecule has 0 spiro atoms. The maximum atomic E-state index is 4.27. The summed E-state index contributed by atoms with van der Waals surface area (Å²) in [5, 5.41) is 0. The van der Waals surface area contributed by atoms with Gasteiger partial charge in [-0.2, -0.15) is 0 Å². The predicted molar refractivity (Wildman–Crippen MR) is 38.1 cm³/mol. The first kappa shape index (κ1) is 5.15. The largest absolute Gasteiger partial charge is 0.270 e. The quantitative estimate of drug-likeness (QED) is 0.462. The van der Waals surface area contributed by atoms with Crippen molar-refractivity contribution in [3.8, 4) is 0 Å². The second kappa shape index (κ2) is 1.94. The summed E-state index contributed by atoms with van der Waals surface area (Å²) in [5.74, 6) is 0.676. The van der Waals surface area contributed by atoms with Gasteiger partial charge < -0.3 is 0 Å². The molecule has 2 atom stereocenters. The molecule has 1 aliphatic carbocycles. The number of rotatable bonds is 0. The number of nitrogens with zero attached hydrogens (tertiary/aromatic N) is 2. The van der Waals surface area contributed by atoms with Crippen molar-refractivity contribution >= 4 is 12.6 Å². The molecule has 0 radical (unpaired) electrons. The Bertz CT molecular complexity index is 142. The van der Waals surface area contributed by atoms with E-state index in [0.717, 1.165) is 0 Å². The smallest absolute Gasteiger partial charge is 0.109 e. The van der Waals surface area contributed by atoms with Gasteiger partial charge in [-0.3, -0.25) is 4.99 Å². The molecule has 0 aromatic rings. The Labute approximate surface area is 54.7 Å². The van der Waals surface area contributed by atoms with Crippen LogP contribution in [0.3, 0.4) is 0 Å². The molecule has 1 fully saturated rings. The fourth-order valence-electron chi connectivity index (χ4n) is 1.60. The maximum absolute atomic E-state index is 4.27. The third-order valence-corrected chi connectivity index (χ3v) is 2.13. The average molecular weight is 122 g/mol. The first-order valence-electron chi connectivity index (χ1n) is 3.52. The maximum Gasteiger partial charge on any atom is 0.109 e. The summed E-state index contributed by atoms with van der Waals surface area (Å²) in [5.41, 5.74) is 0. The van der Waals surface area contributed by atoms with Gasteiger partial charge >= 0.3 is 0 Å². The lowest BCUT2D eigenvalue weighted by atomic mass is 10.1. The summed E-state index contributed by atoms with van der Waals surface area (Å²) < 4.78 is 0. The molecule has 2 aliphatic rings. The molecule has 0 saturated heterocycles. The molecule has 9 heavy (non-hydrogen) atoms. The van der Waals surface area contributed by atoms with E-state index in [9.17, 15) is 0 Å². The van der Waals surface area contributed by atoms with E-state index in [1.165, 1.54) is 19.3 Å². The highest BCUT2D eigenvalue weighted by atomic mass is 14.9. The highest BCUT2D eigenvalue weighted by Crippen LogP contribution is 2.27. The molecule has 0 aromatic carbocycles. The molecule has 2 unspecified atom stereocenters. The first-order chi connectivity index (χ1) is 4.47. The van der Waals surface area contributed by atoms with Crippen LogP contribution in [0.2, 0.25) is 0 Å². The fourth-order valence-corrected chi connectivity index (χ4v) is 1.60. The van der Waals surface area contributed by atoms with Gasteiger partial charge in [0, 0.05) is 12.1 Å². The van der Waals surface area contributed by atoms with Crippen molar-refractivity contribution in [1.29, 1.82) is 0 Å². The Hall–Kier alpha value is -0.660. The standard InChI is InChI=1S/C7H10N2/c1-2-6-4-8-5-9-7(6)3-1/h4-7H,1-3H2. The highest BCUT2D eigenvalue weighted by molar-refractivity contribution is 5.77. The zero-order valence-corrected chi connectivity index (χ0v) is 5.33. The molecule has 2 rings (SSSR count). The van der Waals surface area contributed by atoms with E-state index in [1.807, 2.05) is 6.21 Å². The molecule has 0 bridgehead atoms. The number of fused-ring (bicyclic) bond motifs is 1. The summed E-state index contributed by atoms with van der Waals surface area (Å²) in [6.45, 7) is 0. The molecular formula is C7H10N2. The van der Waals surface area contributed by atoms with E-state index in [1.54, 1.807) is 6.34 Å². The van der Waals surface area contributed by atoms with Crippen molar-refractivity contribution in [1.82, 2.24) is 0 Å². The van der Waals surface area contributed by atoms with Crippen molar-refractivity contribution in [2.45, 2.75) is 25.3 Å². The van der Waals surface area contributed by atoms with E-state index in [2.05, 4.69) is 9.98 Å². The summed E-state index contributed by atoms with van der Waals surface area (Å²) in [4.78, 5) is 8.27. The third-order valence-electron chi connectivity index (χ3n) is 2.13. The zero-order valence-electron chi connectivity index (χ0n) is 5.33. The van der Waals surface area contributed by atoms with Gasteiger partial charge in [-0.15, -0.1) is 0 Å². The van der Waals surface area contributed by atoms with Crippen molar-refractivity contribution in [3.63, 3.8) is 0 Å². The van der Waals surface area contributed by atoms with Crippen LogP contribution in [0.4, 0.5) is 0 Å². The van der Waals surface area contributed by atoms with E-state index in [-0.39, 0.29) is 0 Å². The van der Waals surface area contributed by atoms with Crippen LogP contribution in [0, 0.1) is 5.92 Å². The summed E-state index contributed by atoms with van der Waals surface area (Å²) in [6, 6.07) is 0.586. The van der Waals surface area contributed by atoms with Crippen LogP contribution >= 0.6 is 0 Å². The second-order valence-electron chi connectivity index (χ2n) is 2.72. The molecule has 0 aromatic heterocycles. The second-order valence-corrected chi connectivity index (χ2v) is 2.72. The van der Waals surface area contributed by atoms with E-state index in [4.69, 9.17) is 0 Å². The van der Waals surface area contributed by atoms with Gasteiger partial charge in [-0.25, -0.2) is 4.99 Å². The number of hydrogen-bond acceptors (Lipinski definition) is 2. The van der Waals surface area contributed by atoms with Crippen LogP contribution in [-0.2, 0) is 0 Å². The van der Waals surface area contributed by atoms with Gasteiger partial charge in [0.25, 0.3) is 0 Å². The Kier molecular flexibility index (Phi) is 1.11. The summed E-state index contributed by atoms with van der Waals surface area (Å²) in [7, 11) is 0. The van der Waals surface area contributed by atoms with Crippen LogP contribution in [-0.4, -0.2) is 18.6 Å². The lowest BCUT2D eigenvalue weighted by Crippen LogP contribution is -2.15. The zero-order chi connectivity index (χ0) is 6.10. The van der Waals surface area contributed by atoms with Gasteiger partial charge in [-0.1, -0.05) is 6.42 Å². The molecule has 1 saturated carbocycles. The van der Waals surface area contributed by atoms with Crippen LogP contribution < -0.4 is 0 Å². The minimum absolute atomic E-state index is 0.586. The monoisotopic (exact) mass is 122 g/mol. The van der Waals surface area contributed by atoms with Crippen molar-refractivity contribution < 1.29 is 0 Å². The minimum atomic E-state index is 0.586. The van der Waals surface area contributed by atoms with E-state index in [0.29, 0.717) is 12.0 Å². The first-order valence-corrected chi connectivity index (χ1v) is 3.52. The topological polar surface area (TPSA) is 24.7 Å². The van der Waals surface area contributed by atoms with Crippen molar-refractivity contribution in [2.75, 3.05) is 0 Å². The molecule has 2 nitrogen and oxygen atoms in total. The Balaban J connectivity index is 2.18. The normalized spacial score (nSPS) is 39.1. The Morgan fingerprint density at radius 2 is 2.33 bits per heavy atom. The van der Waals surface area contributed by atoms with Crippen molar-refractivity contribution in [2.24, 2.45) is 15.9 Å². The van der Waals surface area contributed by atoms with Gasteiger partial charge in [0.1, 0.15) is 6.34 Å². The van der Waals surface area contributed by atoms with Crippen LogP contribution in [0.15, 0.2) is 9.98 Å².